The highest BCUT2D eigenvalue weighted by atomic mass is 15.2. The highest BCUT2D eigenvalue weighted by Crippen LogP contribution is 2.32. The van der Waals surface area contributed by atoms with Crippen LogP contribution in [-0.2, 0) is 6.42 Å². The molecule has 0 radical (unpaired) electrons. The number of imidazole rings is 1. The van der Waals surface area contributed by atoms with Gasteiger partial charge in [-0.25, -0.2) is 4.98 Å². The number of pyridine rings is 1. The van der Waals surface area contributed by atoms with Crippen LogP contribution in [0.3, 0.4) is 0 Å². The average Bonchev–Trinajstić information content (AvgIpc) is 3.06. The first kappa shape index (κ1) is 19.9. The molecule has 3 aromatic rings. The Morgan fingerprint density at radius 3 is 2.64 bits per heavy atom. The number of nitrogens with zero attached hydrogens (tertiary/aromatic N) is 3. The van der Waals surface area contributed by atoms with Crippen LogP contribution in [0.5, 0.6) is 0 Å². The number of anilines is 1. The Labute approximate surface area is 167 Å². The molecule has 28 heavy (non-hydrogen) atoms. The van der Waals surface area contributed by atoms with Gasteiger partial charge in [0, 0.05) is 5.56 Å². The van der Waals surface area contributed by atoms with Crippen molar-refractivity contribution in [3.05, 3.63) is 53.1 Å². The van der Waals surface area contributed by atoms with Gasteiger partial charge in [-0.05, 0) is 51.8 Å². The number of hydrogen-bond acceptors (Lipinski definition) is 3. The molecule has 0 aliphatic carbocycles. The smallest absolute Gasteiger partial charge is 0.157 e. The monoisotopic (exact) mass is 376 g/mol. The SMILES string of the molecule is C=C(C)Cc1c(C)c(C#N)c2nc3ccccc3n2c1NCC[NH+](CC)CC. The molecule has 2 heterocycles. The number of nitrogens with one attached hydrogen (secondary N) is 2. The maximum Gasteiger partial charge on any atom is 0.157 e. The molecule has 0 aliphatic rings. The van der Waals surface area contributed by atoms with Gasteiger partial charge in [-0.3, -0.25) is 4.40 Å². The third-order valence-corrected chi connectivity index (χ3v) is 5.48. The summed E-state index contributed by atoms with van der Waals surface area (Å²) in [5, 5.41) is 13.5. The van der Waals surface area contributed by atoms with E-state index in [0.717, 1.165) is 71.8 Å². The Morgan fingerprint density at radius 2 is 2.00 bits per heavy atom. The number of likely N-dealkylation sites (N-methyl/N-ethyl adjacent to an activating group) is 1. The van der Waals surface area contributed by atoms with Crippen LogP contribution in [-0.4, -0.2) is 35.6 Å². The molecule has 0 amide bonds. The van der Waals surface area contributed by atoms with Crippen molar-refractivity contribution >= 4 is 22.5 Å². The molecule has 146 valence electrons. The molecule has 3 rings (SSSR count). The molecule has 5 nitrogen and oxygen atoms in total. The first-order chi connectivity index (χ1) is 13.5. The summed E-state index contributed by atoms with van der Waals surface area (Å²) >= 11 is 0. The standard InChI is InChI=1S/C23H29N5/c1-6-27(7-2)13-12-25-22-18(14-16(3)4)17(5)19(15-24)23-26-20-10-8-9-11-21(20)28(22)23/h8-11,25H,3,6-7,12-14H2,1-2,4-5H3/p+1. The summed E-state index contributed by atoms with van der Waals surface area (Å²) < 4.78 is 2.12. The first-order valence-corrected chi connectivity index (χ1v) is 10.1. The van der Waals surface area contributed by atoms with Gasteiger partial charge >= 0.3 is 0 Å². The fraction of sp³-hybridized carbons (Fsp3) is 0.391. The number of nitriles is 1. The van der Waals surface area contributed by atoms with Crippen molar-refractivity contribution in [2.75, 3.05) is 31.5 Å². The summed E-state index contributed by atoms with van der Waals surface area (Å²) in [6.45, 7) is 16.8. The summed E-state index contributed by atoms with van der Waals surface area (Å²) in [6.07, 6.45) is 0.740. The van der Waals surface area contributed by atoms with E-state index in [1.165, 1.54) is 0 Å². The lowest BCUT2D eigenvalue weighted by Crippen LogP contribution is -3.12. The molecule has 0 aliphatic heterocycles. The number of quaternary nitrogens is 1. The lowest BCUT2D eigenvalue weighted by molar-refractivity contribution is -0.894. The summed E-state index contributed by atoms with van der Waals surface area (Å²) in [7, 11) is 0. The van der Waals surface area contributed by atoms with E-state index in [-0.39, 0.29) is 0 Å². The molecule has 1 aromatic carbocycles. The lowest BCUT2D eigenvalue weighted by atomic mass is 9.99. The van der Waals surface area contributed by atoms with Crippen molar-refractivity contribution in [3.63, 3.8) is 0 Å². The van der Waals surface area contributed by atoms with Crippen molar-refractivity contribution in [3.8, 4) is 6.07 Å². The first-order valence-electron chi connectivity index (χ1n) is 10.1. The molecule has 0 saturated heterocycles. The second-order valence-electron chi connectivity index (χ2n) is 7.47. The van der Waals surface area contributed by atoms with Crippen LogP contribution < -0.4 is 10.2 Å². The second kappa shape index (κ2) is 8.45. The third-order valence-electron chi connectivity index (χ3n) is 5.48. The molecule has 5 heteroatoms. The summed E-state index contributed by atoms with van der Waals surface area (Å²) in [5.74, 6) is 1.04. The molecular formula is C23H30N5+. The summed E-state index contributed by atoms with van der Waals surface area (Å²) in [6, 6.07) is 10.5. The zero-order chi connectivity index (χ0) is 20.3. The van der Waals surface area contributed by atoms with Crippen molar-refractivity contribution in [2.24, 2.45) is 0 Å². The molecule has 2 N–H and O–H groups in total. The number of allylic oxidation sites excluding steroid dienone is 1. The van der Waals surface area contributed by atoms with Crippen LogP contribution in [0, 0.1) is 18.3 Å². The van der Waals surface area contributed by atoms with Crippen LogP contribution in [0.4, 0.5) is 5.82 Å². The van der Waals surface area contributed by atoms with Gasteiger partial charge in [-0.15, -0.1) is 0 Å². The maximum atomic E-state index is 9.85. The predicted molar refractivity (Wildman–Crippen MR) is 116 cm³/mol. The second-order valence-corrected chi connectivity index (χ2v) is 7.47. The molecule has 0 bridgehead atoms. The average molecular weight is 377 g/mol. The normalized spacial score (nSPS) is 11.3. The number of rotatable bonds is 8. The fourth-order valence-electron chi connectivity index (χ4n) is 3.85. The molecule has 0 fully saturated rings. The van der Waals surface area contributed by atoms with Gasteiger partial charge in [0.2, 0.25) is 0 Å². The molecule has 0 unspecified atom stereocenters. The van der Waals surface area contributed by atoms with Crippen LogP contribution >= 0.6 is 0 Å². The largest absolute Gasteiger partial charge is 0.365 e. The summed E-state index contributed by atoms with van der Waals surface area (Å²) in [4.78, 5) is 6.34. The highest BCUT2D eigenvalue weighted by Gasteiger charge is 2.20. The van der Waals surface area contributed by atoms with Gasteiger partial charge in [0.05, 0.1) is 42.8 Å². The van der Waals surface area contributed by atoms with E-state index in [2.05, 4.69) is 42.3 Å². The third kappa shape index (κ3) is 3.61. The van der Waals surface area contributed by atoms with E-state index in [1.807, 2.05) is 32.0 Å². The van der Waals surface area contributed by atoms with E-state index in [1.54, 1.807) is 4.90 Å². The topological polar surface area (TPSA) is 57.6 Å². The minimum atomic E-state index is 0.646. The van der Waals surface area contributed by atoms with Crippen LogP contribution in [0.2, 0.25) is 0 Å². The van der Waals surface area contributed by atoms with E-state index in [9.17, 15) is 5.26 Å². The van der Waals surface area contributed by atoms with Gasteiger partial charge in [0.1, 0.15) is 11.9 Å². The summed E-state index contributed by atoms with van der Waals surface area (Å²) in [5.41, 5.74) is 6.50. The van der Waals surface area contributed by atoms with Crippen molar-refractivity contribution in [1.29, 1.82) is 5.26 Å². The van der Waals surface area contributed by atoms with Gasteiger partial charge in [0.25, 0.3) is 0 Å². The van der Waals surface area contributed by atoms with Crippen molar-refractivity contribution in [1.82, 2.24) is 9.38 Å². The lowest BCUT2D eigenvalue weighted by Gasteiger charge is -2.21. The van der Waals surface area contributed by atoms with Gasteiger partial charge in [-0.1, -0.05) is 24.3 Å². The van der Waals surface area contributed by atoms with E-state index < -0.39 is 0 Å². The predicted octanol–water partition coefficient (Wildman–Crippen LogP) is 3.12. The maximum absolute atomic E-state index is 9.85. The van der Waals surface area contributed by atoms with E-state index >= 15 is 0 Å². The molecule has 0 spiro atoms. The van der Waals surface area contributed by atoms with Crippen LogP contribution in [0.15, 0.2) is 36.4 Å². The Balaban J connectivity index is 2.22. The van der Waals surface area contributed by atoms with E-state index in [4.69, 9.17) is 4.98 Å². The van der Waals surface area contributed by atoms with E-state index in [0.29, 0.717) is 5.56 Å². The Bertz CT molecular complexity index is 1050. The minimum absolute atomic E-state index is 0.646. The van der Waals surface area contributed by atoms with Gasteiger partial charge in [-0.2, -0.15) is 5.26 Å². The number of benzene rings is 1. The minimum Gasteiger partial charge on any atom is -0.365 e. The quantitative estimate of drug-likeness (QED) is 0.594. The number of hydrogen-bond donors (Lipinski definition) is 2. The van der Waals surface area contributed by atoms with Gasteiger partial charge < -0.3 is 10.2 Å². The molecule has 0 saturated carbocycles. The van der Waals surface area contributed by atoms with Crippen LogP contribution in [0.1, 0.15) is 37.5 Å². The molecule has 2 aromatic heterocycles. The van der Waals surface area contributed by atoms with Gasteiger partial charge in [0.15, 0.2) is 5.65 Å². The van der Waals surface area contributed by atoms with Crippen molar-refractivity contribution < 1.29 is 4.90 Å². The Hall–Kier alpha value is -2.84. The fourth-order valence-corrected chi connectivity index (χ4v) is 3.85. The molecule has 0 atom stereocenters. The zero-order valence-corrected chi connectivity index (χ0v) is 17.4. The van der Waals surface area contributed by atoms with Crippen LogP contribution in [0.25, 0.3) is 16.7 Å². The highest BCUT2D eigenvalue weighted by molar-refractivity contribution is 5.86. The zero-order valence-electron chi connectivity index (χ0n) is 17.4. The number of fused-ring (bicyclic) bond motifs is 3. The Kier molecular flexibility index (Phi) is 6.01. The Morgan fingerprint density at radius 1 is 1.29 bits per heavy atom. The number of aromatic nitrogens is 2. The van der Waals surface area contributed by atoms with Crippen molar-refractivity contribution in [2.45, 2.75) is 34.1 Å². The number of para-hydroxylation sites is 2. The molecular weight excluding hydrogens is 346 g/mol.